The Balaban J connectivity index is 1.25. The zero-order valence-corrected chi connectivity index (χ0v) is 19.7. The summed E-state index contributed by atoms with van der Waals surface area (Å²) >= 11 is 1.48. The molecule has 2 aliphatic carbocycles. The Bertz CT molecular complexity index is 856. The number of hydrogen-bond donors (Lipinski definition) is 4. The van der Waals surface area contributed by atoms with E-state index in [0.717, 1.165) is 63.6 Å². The summed E-state index contributed by atoms with van der Waals surface area (Å²) in [6, 6.07) is 0.0545. The minimum atomic E-state index is -0.467. The molecule has 1 unspecified atom stereocenters. The molecule has 1 saturated heterocycles. The van der Waals surface area contributed by atoms with Gasteiger partial charge in [0.05, 0.1) is 11.6 Å². The van der Waals surface area contributed by atoms with Crippen molar-refractivity contribution >= 4 is 34.2 Å². The molecule has 0 spiro atoms. The SMILES string of the molecule is CC(C(=O)Nc1sc2c(c1C(N)=O)CCC2)N1CCC(NC(=O)NC2CCCCC2)CC1. The van der Waals surface area contributed by atoms with Gasteiger partial charge in [0.1, 0.15) is 5.00 Å². The number of amides is 4. The Kier molecular flexibility index (Phi) is 7.35. The van der Waals surface area contributed by atoms with Gasteiger partial charge in [-0.05, 0) is 57.4 Å². The number of nitrogens with two attached hydrogens (primary N) is 1. The van der Waals surface area contributed by atoms with Crippen molar-refractivity contribution in [1.29, 1.82) is 0 Å². The van der Waals surface area contributed by atoms with Crippen LogP contribution in [0.5, 0.6) is 0 Å². The molecule has 5 N–H and O–H groups in total. The Hall–Kier alpha value is -2.13. The van der Waals surface area contributed by atoms with E-state index in [1.165, 1.54) is 35.5 Å². The van der Waals surface area contributed by atoms with Crippen molar-refractivity contribution in [3.05, 3.63) is 16.0 Å². The second kappa shape index (κ2) is 10.2. The molecular formula is C23H35N5O3S. The van der Waals surface area contributed by atoms with Crippen LogP contribution < -0.4 is 21.7 Å². The van der Waals surface area contributed by atoms with Crippen molar-refractivity contribution in [2.24, 2.45) is 5.73 Å². The van der Waals surface area contributed by atoms with Crippen LogP contribution in [0.2, 0.25) is 0 Å². The molecule has 0 aromatic carbocycles. The van der Waals surface area contributed by atoms with Crippen LogP contribution in [-0.2, 0) is 17.6 Å². The van der Waals surface area contributed by atoms with Gasteiger partial charge in [0, 0.05) is 30.1 Å². The predicted molar refractivity (Wildman–Crippen MR) is 126 cm³/mol. The van der Waals surface area contributed by atoms with E-state index < -0.39 is 5.91 Å². The van der Waals surface area contributed by atoms with Crippen LogP contribution in [0.1, 0.15) is 79.1 Å². The maximum atomic E-state index is 12.9. The number of urea groups is 1. The average molecular weight is 462 g/mol. The highest BCUT2D eigenvalue weighted by molar-refractivity contribution is 7.17. The number of nitrogens with zero attached hydrogens (tertiary/aromatic N) is 1. The molecule has 176 valence electrons. The summed E-state index contributed by atoms with van der Waals surface area (Å²) < 4.78 is 0. The van der Waals surface area contributed by atoms with Crippen LogP contribution >= 0.6 is 11.3 Å². The number of nitrogens with one attached hydrogen (secondary N) is 3. The fraction of sp³-hybridized carbons (Fsp3) is 0.696. The molecule has 1 aliphatic heterocycles. The molecule has 3 aliphatic rings. The molecule has 0 bridgehead atoms. The molecular weight excluding hydrogens is 426 g/mol. The number of fused-ring (bicyclic) bond motifs is 1. The fourth-order valence-corrected chi connectivity index (χ4v) is 6.52. The molecule has 0 radical (unpaired) electrons. The zero-order valence-electron chi connectivity index (χ0n) is 18.9. The fourth-order valence-electron chi connectivity index (χ4n) is 5.23. The first kappa shape index (κ1) is 23.0. The highest BCUT2D eigenvalue weighted by Crippen LogP contribution is 2.39. The summed E-state index contributed by atoms with van der Waals surface area (Å²) in [7, 11) is 0. The van der Waals surface area contributed by atoms with E-state index in [4.69, 9.17) is 5.73 Å². The second-order valence-electron chi connectivity index (χ2n) is 9.35. The van der Waals surface area contributed by atoms with Crippen molar-refractivity contribution < 1.29 is 14.4 Å². The van der Waals surface area contributed by atoms with Crippen molar-refractivity contribution in [2.45, 2.75) is 89.3 Å². The molecule has 9 heteroatoms. The van der Waals surface area contributed by atoms with Crippen LogP contribution in [0.15, 0.2) is 0 Å². The standard InChI is InChI=1S/C23H35N5O3S/c1-14(21(30)27-22-19(20(24)29)17-8-5-9-18(17)32-22)28-12-10-16(11-13-28)26-23(31)25-15-6-3-2-4-7-15/h14-16H,2-13H2,1H3,(H2,24,29)(H,27,30)(H2,25,26,31). The normalized spacial score (nSPS) is 21.0. The van der Waals surface area contributed by atoms with Crippen molar-refractivity contribution in [1.82, 2.24) is 15.5 Å². The lowest BCUT2D eigenvalue weighted by Crippen LogP contribution is -2.53. The second-order valence-corrected chi connectivity index (χ2v) is 10.5. The van der Waals surface area contributed by atoms with E-state index in [1.807, 2.05) is 6.92 Å². The molecule has 1 atom stereocenters. The van der Waals surface area contributed by atoms with Gasteiger partial charge in [-0.2, -0.15) is 0 Å². The Morgan fingerprint density at radius 1 is 0.969 bits per heavy atom. The van der Waals surface area contributed by atoms with E-state index in [1.54, 1.807) is 0 Å². The monoisotopic (exact) mass is 461 g/mol. The highest BCUT2D eigenvalue weighted by Gasteiger charge is 2.30. The molecule has 1 aromatic heterocycles. The van der Waals surface area contributed by atoms with Gasteiger partial charge in [-0.25, -0.2) is 4.79 Å². The van der Waals surface area contributed by atoms with Gasteiger partial charge in [-0.1, -0.05) is 19.3 Å². The van der Waals surface area contributed by atoms with Gasteiger partial charge >= 0.3 is 6.03 Å². The lowest BCUT2D eigenvalue weighted by molar-refractivity contribution is -0.121. The summed E-state index contributed by atoms with van der Waals surface area (Å²) in [4.78, 5) is 40.5. The summed E-state index contributed by atoms with van der Waals surface area (Å²) in [6.45, 7) is 3.38. The van der Waals surface area contributed by atoms with E-state index in [9.17, 15) is 14.4 Å². The molecule has 2 fully saturated rings. The van der Waals surface area contributed by atoms with Crippen LogP contribution in [0.4, 0.5) is 9.80 Å². The molecule has 1 aromatic rings. The summed E-state index contributed by atoms with van der Waals surface area (Å²) in [5, 5.41) is 9.78. The Morgan fingerprint density at radius 2 is 1.62 bits per heavy atom. The average Bonchev–Trinajstić information content (AvgIpc) is 3.35. The Labute approximate surface area is 193 Å². The van der Waals surface area contributed by atoms with Crippen molar-refractivity contribution in [2.75, 3.05) is 18.4 Å². The number of piperidine rings is 1. The number of thiophene rings is 1. The molecule has 4 rings (SSSR count). The number of aryl methyl sites for hydroxylation is 1. The largest absolute Gasteiger partial charge is 0.365 e. The van der Waals surface area contributed by atoms with Gasteiger partial charge in [-0.3, -0.25) is 14.5 Å². The number of primary amides is 1. The van der Waals surface area contributed by atoms with Crippen LogP contribution in [0, 0.1) is 0 Å². The van der Waals surface area contributed by atoms with Crippen LogP contribution in [-0.4, -0.2) is 54.0 Å². The first-order valence-corrected chi connectivity index (χ1v) is 12.8. The number of likely N-dealkylation sites (tertiary alicyclic amines) is 1. The first-order chi connectivity index (χ1) is 15.4. The summed E-state index contributed by atoms with van der Waals surface area (Å²) in [6.07, 6.45) is 10.3. The van der Waals surface area contributed by atoms with Gasteiger partial charge < -0.3 is 21.7 Å². The number of anilines is 1. The smallest absolute Gasteiger partial charge is 0.315 e. The molecule has 4 amide bonds. The first-order valence-electron chi connectivity index (χ1n) is 12.0. The lowest BCUT2D eigenvalue weighted by Gasteiger charge is -2.35. The minimum absolute atomic E-state index is 0.0640. The van der Waals surface area contributed by atoms with Crippen molar-refractivity contribution in [3.63, 3.8) is 0 Å². The van der Waals surface area contributed by atoms with Crippen LogP contribution in [0.25, 0.3) is 0 Å². The maximum absolute atomic E-state index is 12.9. The Morgan fingerprint density at radius 3 is 2.28 bits per heavy atom. The quantitative estimate of drug-likeness (QED) is 0.521. The maximum Gasteiger partial charge on any atom is 0.315 e. The van der Waals surface area contributed by atoms with E-state index in [0.29, 0.717) is 16.6 Å². The van der Waals surface area contributed by atoms with Crippen LogP contribution in [0.3, 0.4) is 0 Å². The van der Waals surface area contributed by atoms with Gasteiger partial charge in [0.2, 0.25) is 5.91 Å². The predicted octanol–water partition coefficient (Wildman–Crippen LogP) is 2.76. The minimum Gasteiger partial charge on any atom is -0.365 e. The van der Waals surface area contributed by atoms with Gasteiger partial charge in [0.25, 0.3) is 5.91 Å². The highest BCUT2D eigenvalue weighted by atomic mass is 32.1. The third-order valence-corrected chi connectivity index (χ3v) is 8.34. The molecule has 2 heterocycles. The van der Waals surface area contributed by atoms with E-state index >= 15 is 0 Å². The van der Waals surface area contributed by atoms with Gasteiger partial charge in [0.15, 0.2) is 0 Å². The van der Waals surface area contributed by atoms with Gasteiger partial charge in [-0.15, -0.1) is 11.3 Å². The number of carbonyl (C=O) groups is 3. The number of carbonyl (C=O) groups excluding carboxylic acids is 3. The zero-order chi connectivity index (χ0) is 22.7. The van der Waals surface area contributed by atoms with E-state index in [2.05, 4.69) is 20.9 Å². The number of hydrogen-bond acceptors (Lipinski definition) is 5. The molecule has 8 nitrogen and oxygen atoms in total. The van der Waals surface area contributed by atoms with Crippen molar-refractivity contribution in [3.8, 4) is 0 Å². The summed E-state index contributed by atoms with van der Waals surface area (Å²) in [5.41, 5.74) is 7.12. The summed E-state index contributed by atoms with van der Waals surface area (Å²) in [5.74, 6) is -0.584. The number of rotatable bonds is 6. The lowest BCUT2D eigenvalue weighted by atomic mass is 9.96. The third kappa shape index (κ3) is 5.26. The molecule has 1 saturated carbocycles. The topological polar surface area (TPSA) is 117 Å². The molecule has 32 heavy (non-hydrogen) atoms. The van der Waals surface area contributed by atoms with E-state index in [-0.39, 0.29) is 24.0 Å². The third-order valence-electron chi connectivity index (χ3n) is 7.14.